The second-order valence-electron chi connectivity index (χ2n) is 6.59. The lowest BCUT2D eigenvalue weighted by atomic mass is 10.1. The summed E-state index contributed by atoms with van der Waals surface area (Å²) in [6, 6.07) is 15.7. The summed E-state index contributed by atoms with van der Waals surface area (Å²) < 4.78 is 2.36. The minimum atomic E-state index is -0.0784. The second kappa shape index (κ2) is 8.50. The Labute approximate surface area is 177 Å². The highest BCUT2D eigenvalue weighted by molar-refractivity contribution is 7.71. The van der Waals surface area contributed by atoms with Gasteiger partial charge in [-0.15, -0.1) is 11.3 Å². The highest BCUT2D eigenvalue weighted by atomic mass is 32.1. The lowest BCUT2D eigenvalue weighted by molar-refractivity contribution is -0.116. The number of anilines is 1. The number of aromatic nitrogens is 4. The van der Waals surface area contributed by atoms with E-state index < -0.39 is 0 Å². The molecule has 4 rings (SSSR count). The molecule has 0 saturated heterocycles. The number of benzene rings is 2. The van der Waals surface area contributed by atoms with Gasteiger partial charge in [-0.25, -0.2) is 4.98 Å². The summed E-state index contributed by atoms with van der Waals surface area (Å²) >= 11 is 6.93. The molecule has 2 N–H and O–H groups in total. The van der Waals surface area contributed by atoms with Crippen molar-refractivity contribution >= 4 is 35.1 Å². The fourth-order valence-electron chi connectivity index (χ4n) is 3.03. The van der Waals surface area contributed by atoms with Crippen LogP contribution in [0.25, 0.3) is 22.0 Å². The minimum absolute atomic E-state index is 0.0784. The minimum Gasteiger partial charge on any atom is -0.326 e. The topological polar surface area (TPSA) is 75.6 Å². The van der Waals surface area contributed by atoms with E-state index in [0.717, 1.165) is 33.2 Å². The highest BCUT2D eigenvalue weighted by Crippen LogP contribution is 2.23. The molecule has 0 aliphatic carbocycles. The van der Waals surface area contributed by atoms with E-state index in [1.807, 2.05) is 65.4 Å². The molecule has 6 nitrogen and oxygen atoms in total. The number of H-pyrrole nitrogens is 1. The molecule has 4 aromatic rings. The Bertz CT molecular complexity index is 1180. The van der Waals surface area contributed by atoms with Crippen LogP contribution < -0.4 is 5.32 Å². The quantitative estimate of drug-likeness (QED) is 0.426. The number of carbonyl (C=O) groups is 1. The molecule has 8 heteroatoms. The molecule has 2 aromatic heterocycles. The zero-order valence-corrected chi connectivity index (χ0v) is 17.4. The molecular weight excluding hydrogens is 402 g/mol. The summed E-state index contributed by atoms with van der Waals surface area (Å²) in [5, 5.41) is 13.0. The standard InChI is InChI=1S/C21H19N5OS2/c1-14-3-2-4-16(13-14)19-24-25-21(28)26(19)11-9-18(27)23-17-7-5-15(6-8-17)20-22-10-12-29-20/h2-8,10,12-13H,9,11H2,1H3,(H,23,27)(H,25,28). The molecule has 0 bridgehead atoms. The van der Waals surface area contributed by atoms with Crippen molar-refractivity contribution in [2.24, 2.45) is 0 Å². The van der Waals surface area contributed by atoms with Gasteiger partial charge < -0.3 is 5.32 Å². The fraction of sp³-hybridized carbons (Fsp3) is 0.143. The van der Waals surface area contributed by atoms with Gasteiger partial charge in [-0.3, -0.25) is 14.5 Å². The van der Waals surface area contributed by atoms with Crippen LogP contribution in [0.2, 0.25) is 0 Å². The smallest absolute Gasteiger partial charge is 0.226 e. The number of hydrogen-bond acceptors (Lipinski definition) is 5. The normalized spacial score (nSPS) is 10.8. The molecular formula is C21H19N5OS2. The lowest BCUT2D eigenvalue weighted by Gasteiger charge is -2.09. The molecule has 0 atom stereocenters. The van der Waals surface area contributed by atoms with Gasteiger partial charge in [-0.05, 0) is 49.5 Å². The molecule has 2 aromatic carbocycles. The molecule has 0 aliphatic heterocycles. The van der Waals surface area contributed by atoms with Gasteiger partial charge in [0.15, 0.2) is 10.6 Å². The van der Waals surface area contributed by atoms with Gasteiger partial charge in [0.2, 0.25) is 5.91 Å². The van der Waals surface area contributed by atoms with Crippen LogP contribution >= 0.6 is 23.6 Å². The SMILES string of the molecule is Cc1cccc(-c2n[nH]c(=S)n2CCC(=O)Nc2ccc(-c3nccs3)cc2)c1. The highest BCUT2D eigenvalue weighted by Gasteiger charge is 2.11. The van der Waals surface area contributed by atoms with E-state index in [1.54, 1.807) is 17.5 Å². The molecule has 0 unspecified atom stereocenters. The van der Waals surface area contributed by atoms with Gasteiger partial charge in [0.05, 0.1) is 0 Å². The number of amides is 1. The average Bonchev–Trinajstić information content (AvgIpc) is 3.37. The third kappa shape index (κ3) is 4.49. The number of aromatic amines is 1. The van der Waals surface area contributed by atoms with Crippen LogP contribution in [-0.4, -0.2) is 25.7 Å². The molecule has 0 fully saturated rings. The number of aryl methyl sites for hydroxylation is 1. The monoisotopic (exact) mass is 421 g/mol. The summed E-state index contributed by atoms with van der Waals surface area (Å²) in [6.07, 6.45) is 2.07. The Hall–Kier alpha value is -3.10. The molecule has 29 heavy (non-hydrogen) atoms. The fourth-order valence-corrected chi connectivity index (χ4v) is 3.90. The Balaban J connectivity index is 1.41. The molecule has 0 spiro atoms. The van der Waals surface area contributed by atoms with Crippen LogP contribution in [0, 0.1) is 11.7 Å². The van der Waals surface area contributed by atoms with Crippen LogP contribution in [0.4, 0.5) is 5.69 Å². The zero-order chi connectivity index (χ0) is 20.2. The summed E-state index contributed by atoms with van der Waals surface area (Å²) in [4.78, 5) is 16.7. The summed E-state index contributed by atoms with van der Waals surface area (Å²) in [7, 11) is 0. The van der Waals surface area contributed by atoms with E-state index in [-0.39, 0.29) is 5.91 Å². The van der Waals surface area contributed by atoms with Crippen molar-refractivity contribution in [1.29, 1.82) is 0 Å². The largest absolute Gasteiger partial charge is 0.326 e. The first-order valence-corrected chi connectivity index (χ1v) is 10.4. The van der Waals surface area contributed by atoms with E-state index in [9.17, 15) is 4.79 Å². The lowest BCUT2D eigenvalue weighted by Crippen LogP contribution is -2.15. The number of carbonyl (C=O) groups excluding carboxylic acids is 1. The summed E-state index contributed by atoms with van der Waals surface area (Å²) in [5.41, 5.74) is 3.90. The van der Waals surface area contributed by atoms with Gasteiger partial charge in [-0.2, -0.15) is 5.10 Å². The van der Waals surface area contributed by atoms with Crippen molar-refractivity contribution in [3.05, 3.63) is 70.4 Å². The average molecular weight is 422 g/mol. The van der Waals surface area contributed by atoms with Gasteiger partial charge in [0.1, 0.15) is 5.01 Å². The molecule has 1 amide bonds. The van der Waals surface area contributed by atoms with Crippen molar-refractivity contribution < 1.29 is 4.79 Å². The van der Waals surface area contributed by atoms with Crippen LogP contribution in [0.5, 0.6) is 0 Å². The maximum Gasteiger partial charge on any atom is 0.226 e. The molecule has 2 heterocycles. The number of nitrogens with zero attached hydrogens (tertiary/aromatic N) is 3. The zero-order valence-electron chi connectivity index (χ0n) is 15.8. The molecule has 0 radical (unpaired) electrons. The van der Waals surface area contributed by atoms with Gasteiger partial charge >= 0.3 is 0 Å². The Morgan fingerprint density at radius 1 is 1.21 bits per heavy atom. The second-order valence-corrected chi connectivity index (χ2v) is 7.87. The van der Waals surface area contributed by atoms with Crippen molar-refractivity contribution in [3.63, 3.8) is 0 Å². The van der Waals surface area contributed by atoms with Crippen molar-refractivity contribution in [3.8, 4) is 22.0 Å². The van der Waals surface area contributed by atoms with Crippen LogP contribution in [0.15, 0.2) is 60.1 Å². The maximum atomic E-state index is 12.4. The molecule has 0 saturated carbocycles. The van der Waals surface area contributed by atoms with E-state index in [2.05, 4.69) is 20.5 Å². The Morgan fingerprint density at radius 2 is 2.03 bits per heavy atom. The molecule has 146 valence electrons. The van der Waals surface area contributed by atoms with Crippen molar-refractivity contribution in [2.75, 3.05) is 5.32 Å². The van der Waals surface area contributed by atoms with Gasteiger partial charge in [-0.1, -0.05) is 23.8 Å². The maximum absolute atomic E-state index is 12.4. The summed E-state index contributed by atoms with van der Waals surface area (Å²) in [5.74, 6) is 0.657. The molecule has 0 aliphatic rings. The van der Waals surface area contributed by atoms with Gasteiger partial charge in [0.25, 0.3) is 0 Å². The first kappa shape index (κ1) is 19.2. The first-order valence-electron chi connectivity index (χ1n) is 9.12. The predicted octanol–water partition coefficient (Wildman–Crippen LogP) is 5.07. The number of rotatable bonds is 6. The van der Waals surface area contributed by atoms with Crippen LogP contribution in [-0.2, 0) is 11.3 Å². The van der Waals surface area contributed by atoms with Crippen molar-refractivity contribution in [2.45, 2.75) is 19.9 Å². The number of nitrogens with one attached hydrogen (secondary N) is 2. The van der Waals surface area contributed by atoms with Crippen LogP contribution in [0.1, 0.15) is 12.0 Å². The third-order valence-corrected chi connectivity index (χ3v) is 5.58. The Kier molecular flexibility index (Phi) is 5.64. The number of hydrogen-bond donors (Lipinski definition) is 2. The number of thiazole rings is 1. The van der Waals surface area contributed by atoms with Crippen molar-refractivity contribution in [1.82, 2.24) is 19.7 Å². The van der Waals surface area contributed by atoms with Crippen LogP contribution in [0.3, 0.4) is 0 Å². The predicted molar refractivity (Wildman–Crippen MR) is 118 cm³/mol. The first-order chi connectivity index (χ1) is 14.1. The third-order valence-electron chi connectivity index (χ3n) is 4.44. The van der Waals surface area contributed by atoms with E-state index in [4.69, 9.17) is 12.2 Å². The summed E-state index contributed by atoms with van der Waals surface area (Å²) in [6.45, 7) is 2.48. The van der Waals surface area contributed by atoms with E-state index >= 15 is 0 Å². The van der Waals surface area contributed by atoms with Gasteiger partial charge in [0, 0.05) is 41.4 Å². The Morgan fingerprint density at radius 3 is 2.76 bits per heavy atom. The van der Waals surface area contributed by atoms with E-state index in [0.29, 0.717) is 17.7 Å². The van der Waals surface area contributed by atoms with E-state index in [1.165, 1.54) is 0 Å².